The number of nitrogens with zero attached hydrogens (tertiary/aromatic N) is 2. The van der Waals surface area contributed by atoms with E-state index in [2.05, 4.69) is 0 Å². The highest BCUT2D eigenvalue weighted by Gasteiger charge is 2.29. The molecule has 0 saturated carbocycles. The van der Waals surface area contributed by atoms with E-state index in [4.69, 9.17) is 23.7 Å². The number of ketones is 1. The van der Waals surface area contributed by atoms with Crippen LogP contribution in [0.1, 0.15) is 30.6 Å². The third-order valence-electron chi connectivity index (χ3n) is 5.05. The molecule has 3 atom stereocenters. The molecule has 2 aliphatic heterocycles. The third kappa shape index (κ3) is 5.12. The molecule has 164 valence electrons. The molecule has 10 heteroatoms. The number of fused-ring (bicyclic) bond motifs is 1. The molecule has 2 heterocycles. The Hall–Kier alpha value is -3.01. The molecular weight excluding hydrogens is 396 g/mol. The Labute approximate surface area is 174 Å². The van der Waals surface area contributed by atoms with Crippen molar-refractivity contribution in [3.63, 3.8) is 0 Å². The molecule has 0 radical (unpaired) electrons. The molecule has 2 aliphatic rings. The second-order valence-corrected chi connectivity index (χ2v) is 7.33. The minimum atomic E-state index is -1.17. The topological polar surface area (TPSA) is 104 Å². The van der Waals surface area contributed by atoms with Gasteiger partial charge in [0, 0.05) is 32.6 Å². The van der Waals surface area contributed by atoms with Crippen molar-refractivity contribution >= 4 is 18.0 Å². The first-order chi connectivity index (χ1) is 14.2. The van der Waals surface area contributed by atoms with Crippen molar-refractivity contribution in [2.24, 2.45) is 0 Å². The van der Waals surface area contributed by atoms with Gasteiger partial charge in [0.1, 0.15) is 6.10 Å². The molecule has 1 fully saturated rings. The standard InChI is InChI=1S/C20H26N2O8/c1-12(18(23)14-5-6-16-17(9-14)27-11-26-16)22(4)19(24)28-13(2)29-20(25)30-15-7-8-21(3)10-15/h5-6,9,12-13,15H,7-8,10-11H2,1-4H3. The van der Waals surface area contributed by atoms with E-state index in [1.165, 1.54) is 14.0 Å². The summed E-state index contributed by atoms with van der Waals surface area (Å²) in [5, 5.41) is 0. The largest absolute Gasteiger partial charge is 0.511 e. The van der Waals surface area contributed by atoms with Crippen LogP contribution < -0.4 is 9.47 Å². The van der Waals surface area contributed by atoms with Gasteiger partial charge in [0.05, 0.1) is 6.04 Å². The number of ether oxygens (including phenoxy) is 5. The van der Waals surface area contributed by atoms with E-state index in [0.29, 0.717) is 23.6 Å². The zero-order valence-corrected chi connectivity index (χ0v) is 17.5. The molecule has 0 aliphatic carbocycles. The summed E-state index contributed by atoms with van der Waals surface area (Å²) in [6.07, 6.45) is -2.39. The van der Waals surface area contributed by atoms with Gasteiger partial charge in [-0.25, -0.2) is 9.59 Å². The quantitative estimate of drug-likeness (QED) is 0.388. The number of carbonyl (C=O) groups excluding carboxylic acids is 3. The first kappa shape index (κ1) is 21.7. The molecular formula is C20H26N2O8. The van der Waals surface area contributed by atoms with Crippen LogP contribution in [-0.2, 0) is 14.2 Å². The van der Waals surface area contributed by atoms with E-state index >= 15 is 0 Å². The number of rotatable bonds is 6. The highest BCUT2D eigenvalue weighted by molar-refractivity contribution is 6.01. The van der Waals surface area contributed by atoms with Crippen molar-refractivity contribution < 1.29 is 38.1 Å². The summed E-state index contributed by atoms with van der Waals surface area (Å²) in [7, 11) is 3.36. The van der Waals surface area contributed by atoms with Crippen LogP contribution in [0.25, 0.3) is 0 Å². The fourth-order valence-corrected chi connectivity index (χ4v) is 3.16. The number of likely N-dealkylation sites (N-methyl/N-ethyl adjacent to an activating group) is 2. The van der Waals surface area contributed by atoms with Gasteiger partial charge in [-0.05, 0) is 38.6 Å². The molecule has 1 aromatic carbocycles. The van der Waals surface area contributed by atoms with Gasteiger partial charge >= 0.3 is 12.2 Å². The molecule has 1 saturated heterocycles. The van der Waals surface area contributed by atoms with Gasteiger partial charge < -0.3 is 33.5 Å². The number of hydrogen-bond acceptors (Lipinski definition) is 9. The van der Waals surface area contributed by atoms with Crippen molar-refractivity contribution in [3.05, 3.63) is 23.8 Å². The van der Waals surface area contributed by atoms with Crippen molar-refractivity contribution in [2.45, 2.75) is 38.7 Å². The fraction of sp³-hybridized carbons (Fsp3) is 0.550. The van der Waals surface area contributed by atoms with Gasteiger partial charge in [-0.2, -0.15) is 0 Å². The fourth-order valence-electron chi connectivity index (χ4n) is 3.16. The molecule has 0 spiro atoms. The number of benzene rings is 1. The highest BCUT2D eigenvalue weighted by Crippen LogP contribution is 2.33. The van der Waals surface area contributed by atoms with Gasteiger partial charge in [0.15, 0.2) is 17.3 Å². The number of hydrogen-bond donors (Lipinski definition) is 0. The molecule has 3 unspecified atom stereocenters. The van der Waals surface area contributed by atoms with Crippen LogP contribution in [0.3, 0.4) is 0 Å². The first-order valence-electron chi connectivity index (χ1n) is 9.67. The zero-order valence-electron chi connectivity index (χ0n) is 17.5. The predicted molar refractivity (Wildman–Crippen MR) is 104 cm³/mol. The average molecular weight is 422 g/mol. The normalized spacial score (nSPS) is 19.7. The number of likely N-dealkylation sites (tertiary alicyclic amines) is 1. The zero-order chi connectivity index (χ0) is 21.8. The Morgan fingerprint density at radius 1 is 1.17 bits per heavy atom. The summed E-state index contributed by atoms with van der Waals surface area (Å²) in [6, 6.07) is 4.01. The van der Waals surface area contributed by atoms with Crippen molar-refractivity contribution in [1.29, 1.82) is 0 Å². The summed E-state index contributed by atoms with van der Waals surface area (Å²) in [5.74, 6) is 0.743. The van der Waals surface area contributed by atoms with E-state index in [1.54, 1.807) is 25.1 Å². The second kappa shape index (κ2) is 9.21. The van der Waals surface area contributed by atoms with Crippen LogP contribution in [0.4, 0.5) is 9.59 Å². The Morgan fingerprint density at radius 3 is 2.60 bits per heavy atom. The lowest BCUT2D eigenvalue weighted by Gasteiger charge is -2.25. The Balaban J connectivity index is 1.49. The maximum Gasteiger partial charge on any atom is 0.511 e. The van der Waals surface area contributed by atoms with Gasteiger partial charge in [-0.15, -0.1) is 0 Å². The summed E-state index contributed by atoms with van der Waals surface area (Å²) < 4.78 is 25.8. The summed E-state index contributed by atoms with van der Waals surface area (Å²) in [4.78, 5) is 40.1. The molecule has 30 heavy (non-hydrogen) atoms. The van der Waals surface area contributed by atoms with Gasteiger partial charge in [-0.3, -0.25) is 4.79 Å². The Bertz CT molecular complexity index is 814. The number of Topliss-reactive ketones (excluding diaryl/α,β-unsaturated/α-hetero) is 1. The maximum absolute atomic E-state index is 12.7. The van der Waals surface area contributed by atoms with Gasteiger partial charge in [-0.1, -0.05) is 0 Å². The summed E-state index contributed by atoms with van der Waals surface area (Å²) in [5.41, 5.74) is 0.376. The average Bonchev–Trinajstić information content (AvgIpc) is 3.33. The van der Waals surface area contributed by atoms with Crippen LogP contribution in [0, 0.1) is 0 Å². The Kier molecular flexibility index (Phi) is 6.66. The van der Waals surface area contributed by atoms with E-state index in [0.717, 1.165) is 17.9 Å². The van der Waals surface area contributed by atoms with Crippen LogP contribution >= 0.6 is 0 Å². The molecule has 1 amide bonds. The second-order valence-electron chi connectivity index (χ2n) is 7.33. The molecule has 0 N–H and O–H groups in total. The molecule has 0 aromatic heterocycles. The highest BCUT2D eigenvalue weighted by atomic mass is 16.8. The summed E-state index contributed by atoms with van der Waals surface area (Å²) in [6.45, 7) is 4.54. The van der Waals surface area contributed by atoms with E-state index in [-0.39, 0.29) is 18.7 Å². The minimum Gasteiger partial charge on any atom is -0.454 e. The molecule has 3 rings (SSSR count). The van der Waals surface area contributed by atoms with Crippen LogP contribution in [0.2, 0.25) is 0 Å². The predicted octanol–water partition coefficient (Wildman–Crippen LogP) is 2.26. The van der Waals surface area contributed by atoms with Crippen LogP contribution in [0.15, 0.2) is 18.2 Å². The van der Waals surface area contributed by atoms with Gasteiger partial charge in [0.25, 0.3) is 0 Å². The van der Waals surface area contributed by atoms with Gasteiger partial charge in [0.2, 0.25) is 13.1 Å². The van der Waals surface area contributed by atoms with Crippen LogP contribution in [-0.4, -0.2) is 80.2 Å². The van der Waals surface area contributed by atoms with E-state index in [9.17, 15) is 14.4 Å². The molecule has 10 nitrogen and oxygen atoms in total. The number of amides is 1. The first-order valence-corrected chi connectivity index (χ1v) is 9.67. The smallest absolute Gasteiger partial charge is 0.454 e. The lowest BCUT2D eigenvalue weighted by atomic mass is 10.0. The lowest BCUT2D eigenvalue weighted by Crippen LogP contribution is -2.42. The van der Waals surface area contributed by atoms with Crippen molar-refractivity contribution in [1.82, 2.24) is 9.80 Å². The SMILES string of the molecule is CC(OC(=O)OC1CCN(C)C1)OC(=O)N(C)C(C)C(=O)c1ccc2c(c1)OCO2. The van der Waals surface area contributed by atoms with E-state index in [1.807, 2.05) is 11.9 Å². The van der Waals surface area contributed by atoms with Crippen LogP contribution in [0.5, 0.6) is 11.5 Å². The Morgan fingerprint density at radius 2 is 1.90 bits per heavy atom. The van der Waals surface area contributed by atoms with E-state index < -0.39 is 24.6 Å². The van der Waals surface area contributed by atoms with Crippen molar-refractivity contribution in [2.75, 3.05) is 34.0 Å². The molecule has 1 aromatic rings. The monoisotopic (exact) mass is 422 g/mol. The molecule has 0 bridgehead atoms. The minimum absolute atomic E-state index is 0.104. The third-order valence-corrected chi connectivity index (χ3v) is 5.05. The van der Waals surface area contributed by atoms with Crippen molar-refractivity contribution in [3.8, 4) is 11.5 Å². The summed E-state index contributed by atoms with van der Waals surface area (Å²) >= 11 is 0. The number of carbonyl (C=O) groups is 3. The lowest BCUT2D eigenvalue weighted by molar-refractivity contribution is -0.0889. The maximum atomic E-state index is 12.7.